The molecule has 0 bridgehead atoms. The summed E-state index contributed by atoms with van der Waals surface area (Å²) in [5.41, 5.74) is 1.89. The molecule has 0 fully saturated rings. The van der Waals surface area contributed by atoms with Crippen molar-refractivity contribution in [3.8, 4) is 5.75 Å². The summed E-state index contributed by atoms with van der Waals surface area (Å²) in [6.45, 7) is 0. The van der Waals surface area contributed by atoms with Gasteiger partial charge in [-0.2, -0.15) is 33.7 Å². The quantitative estimate of drug-likeness (QED) is 0.0704. The summed E-state index contributed by atoms with van der Waals surface area (Å²) in [6, 6.07) is 7.98. The third kappa shape index (κ3) is 15.8. The Bertz CT molecular complexity index is 2250. The first kappa shape index (κ1) is 52.0. The summed E-state index contributed by atoms with van der Waals surface area (Å²) in [7, 11) is -18.9. The number of carboxylic acid groups (broad SMARTS) is 4. The molecule has 0 saturated carbocycles. The zero-order chi connectivity index (χ0) is 37.6. The number of hydrogen-bond acceptors (Lipinski definition) is 14. The van der Waals surface area contributed by atoms with Crippen molar-refractivity contribution in [2.45, 2.75) is 14.7 Å². The fraction of sp³-hybridized carbons (Fsp3) is 0. The molecule has 51 heavy (non-hydrogen) atoms. The molecule has 0 unspecified atom stereocenters. The Morgan fingerprint density at radius 1 is 0.569 bits per heavy atom. The molecule has 3 aromatic carbocycles. The van der Waals surface area contributed by atoms with Gasteiger partial charge in [-0.05, 0) is 42.5 Å². The van der Waals surface area contributed by atoms with Crippen molar-refractivity contribution in [2.75, 3.05) is 5.73 Å². The van der Waals surface area contributed by atoms with Crippen LogP contribution < -0.4 is 9.92 Å². The Morgan fingerprint density at radius 3 is 1.33 bits per heavy atom. The van der Waals surface area contributed by atoms with Gasteiger partial charge in [0.05, 0.1) is 27.3 Å². The number of nitrogens with two attached hydrogens (primary N) is 1. The summed E-state index contributed by atoms with van der Waals surface area (Å²) >= 11 is 0. The molecule has 0 spiro atoms. The van der Waals surface area contributed by atoms with Gasteiger partial charge in [0.25, 0.3) is 30.4 Å². The Hall–Kier alpha value is -3.40. The molecule has 0 amide bonds. The SMILES string of the molecule is Cl.Nc1c(C(=O)O)cccc1S(=O)(=O)O.O=C(O)c1cc(S(=O)(=O)O)ccc1OS(=O)(=O)O.O=C(O)c1cccc(S(=O)(=O)O)c1C(=O)O.[AlH3].[NaH]. The summed E-state index contributed by atoms with van der Waals surface area (Å²) < 4.78 is 124. The maximum atomic E-state index is 10.8. The Kier molecular flexibility index (Phi) is 20.4. The summed E-state index contributed by atoms with van der Waals surface area (Å²) in [4.78, 5) is 40.4. The predicted molar refractivity (Wildman–Crippen MR) is 178 cm³/mol. The van der Waals surface area contributed by atoms with Gasteiger partial charge in [0.15, 0.2) is 23.1 Å². The van der Waals surface area contributed by atoms with Crippen molar-refractivity contribution in [1.82, 2.24) is 0 Å². The number of aromatic carboxylic acids is 4. The molecule has 29 heteroatoms. The number of hydrogen-bond donors (Lipinski definition) is 9. The molecule has 0 atom stereocenters. The van der Waals surface area contributed by atoms with E-state index in [4.69, 9.17) is 44.4 Å². The van der Waals surface area contributed by atoms with E-state index >= 15 is 0 Å². The number of anilines is 1. The van der Waals surface area contributed by atoms with Crippen LogP contribution in [-0.2, 0) is 40.8 Å². The van der Waals surface area contributed by atoms with E-state index in [1.54, 1.807) is 0 Å². The van der Waals surface area contributed by atoms with Gasteiger partial charge in [0, 0.05) is 0 Å². The van der Waals surface area contributed by atoms with Crippen molar-refractivity contribution < 1.29 is 95.7 Å². The van der Waals surface area contributed by atoms with Crippen LogP contribution in [0, 0.1) is 0 Å². The van der Waals surface area contributed by atoms with E-state index < -0.39 is 107 Å². The van der Waals surface area contributed by atoms with Crippen LogP contribution in [0.5, 0.6) is 5.75 Å². The molecule has 10 N–H and O–H groups in total. The first-order valence-corrected chi connectivity index (χ1v) is 17.0. The molecule has 3 rings (SSSR count). The molecule has 3 aromatic rings. The zero-order valence-electron chi connectivity index (χ0n) is 23.2. The van der Waals surface area contributed by atoms with Crippen molar-refractivity contribution >= 4 is 130 Å². The molecule has 278 valence electrons. The zero-order valence-corrected chi connectivity index (χ0v) is 27.3. The van der Waals surface area contributed by atoms with Gasteiger partial charge in [0.2, 0.25) is 0 Å². The van der Waals surface area contributed by atoms with Crippen molar-refractivity contribution in [1.29, 1.82) is 0 Å². The predicted octanol–water partition coefficient (Wildman–Crippen LogP) is -1.05. The van der Waals surface area contributed by atoms with Crippen LogP contribution in [0.1, 0.15) is 41.4 Å². The number of rotatable bonds is 9. The van der Waals surface area contributed by atoms with E-state index in [0.29, 0.717) is 18.2 Å². The molecule has 0 radical (unpaired) electrons. The Balaban J connectivity index is -0.000000663. The normalized spacial score (nSPS) is 10.8. The summed E-state index contributed by atoms with van der Waals surface area (Å²) in [6.07, 6.45) is 0. The van der Waals surface area contributed by atoms with Gasteiger partial charge in [-0.1, -0.05) is 12.1 Å². The van der Waals surface area contributed by atoms with Crippen LogP contribution in [0.2, 0.25) is 0 Å². The molecule has 0 aliphatic rings. The van der Waals surface area contributed by atoms with Gasteiger partial charge in [-0.3, -0.25) is 18.2 Å². The standard InChI is InChI=1S/C8H6O7S.C7H7NO5S.C7H6O9S2.Al.ClH.Na.4H/c9-7(10)4-2-1-3-5(16(13,14)15)6(4)8(11)12;8-6-4(7(9)10)2-1-3-5(6)14(11,12)13;8-7(9)5-3-4(17(10,11)12)1-2-6(5)16-18(13,14)15;;;;;;;/h1-3H,(H,9,10)(H,11,12)(H,13,14,15);1-3H,8H2,(H,9,10)(H,11,12,13);1-3H,(H,8,9)(H,10,11,12)(H,13,14,15);;1H;;;;;. The summed E-state index contributed by atoms with van der Waals surface area (Å²) in [5, 5.41) is 34.7. The number of carbonyl (C=O) groups is 4. The third-order valence-corrected chi connectivity index (χ3v) is 8.04. The number of para-hydroxylation sites is 1. The van der Waals surface area contributed by atoms with E-state index in [9.17, 15) is 52.8 Å². The van der Waals surface area contributed by atoms with E-state index in [1.807, 2.05) is 0 Å². The second kappa shape index (κ2) is 20.0. The molecule has 22 nitrogen and oxygen atoms in total. The van der Waals surface area contributed by atoms with E-state index in [2.05, 4.69) is 4.18 Å². The van der Waals surface area contributed by atoms with E-state index in [1.165, 1.54) is 6.07 Å². The number of halogens is 1. The second-order valence-electron chi connectivity index (χ2n) is 8.21. The Labute approximate surface area is 325 Å². The maximum absolute atomic E-state index is 10.8. The molecular weight excluding hydrogens is 828 g/mol. The fourth-order valence-corrected chi connectivity index (χ4v) is 5.35. The van der Waals surface area contributed by atoms with Gasteiger partial charge in [-0.15, -0.1) is 12.4 Å². The monoisotopic (exact) mass is 851 g/mol. The van der Waals surface area contributed by atoms with E-state index in [0.717, 1.165) is 30.3 Å². The van der Waals surface area contributed by atoms with E-state index in [-0.39, 0.29) is 64.9 Å². The topological polar surface area (TPSA) is 402 Å². The number of carboxylic acids is 4. The van der Waals surface area contributed by atoms with Crippen molar-refractivity contribution in [3.63, 3.8) is 0 Å². The molecular formula is C22H24AlClNNaO21S4. The molecule has 0 aromatic heterocycles. The van der Waals surface area contributed by atoms with Crippen LogP contribution in [0.15, 0.2) is 69.3 Å². The minimum absolute atomic E-state index is 0. The van der Waals surface area contributed by atoms with Gasteiger partial charge >= 0.3 is 63.8 Å². The first-order valence-electron chi connectivity index (χ1n) is 11.3. The fourth-order valence-electron chi connectivity index (χ4n) is 3.12. The third-order valence-electron chi connectivity index (χ3n) is 5.00. The minimum atomic E-state index is -4.96. The molecule has 0 heterocycles. The summed E-state index contributed by atoms with van der Waals surface area (Å²) in [5.74, 6) is -7.20. The molecule has 0 aliphatic carbocycles. The van der Waals surface area contributed by atoms with Gasteiger partial charge in [0.1, 0.15) is 15.4 Å². The Morgan fingerprint density at radius 2 is 0.980 bits per heavy atom. The van der Waals surface area contributed by atoms with Crippen molar-refractivity contribution in [3.05, 3.63) is 76.9 Å². The van der Waals surface area contributed by atoms with Gasteiger partial charge in [-0.25, -0.2) is 19.2 Å². The number of benzene rings is 3. The second-order valence-corrected chi connectivity index (χ2v) is 13.4. The van der Waals surface area contributed by atoms with Crippen LogP contribution in [0.3, 0.4) is 0 Å². The van der Waals surface area contributed by atoms with Gasteiger partial charge < -0.3 is 30.3 Å². The molecule has 0 aliphatic heterocycles. The van der Waals surface area contributed by atoms with Crippen LogP contribution in [0.25, 0.3) is 0 Å². The average molecular weight is 852 g/mol. The van der Waals surface area contributed by atoms with Crippen molar-refractivity contribution in [2.24, 2.45) is 0 Å². The van der Waals surface area contributed by atoms with Crippen LogP contribution in [0.4, 0.5) is 5.69 Å². The van der Waals surface area contributed by atoms with Crippen LogP contribution >= 0.6 is 12.4 Å². The first-order chi connectivity index (χ1) is 21.6. The average Bonchev–Trinajstić information content (AvgIpc) is 2.90. The van der Waals surface area contributed by atoms with Crippen LogP contribution in [-0.4, -0.2) is 143 Å². The molecule has 0 saturated heterocycles. The number of nitrogen functional groups attached to an aromatic ring is 1.